The maximum atomic E-state index is 12.6. The molecule has 0 aromatic heterocycles. The van der Waals surface area contributed by atoms with E-state index in [1.54, 1.807) is 36.4 Å². The number of imide groups is 1. The Labute approximate surface area is 130 Å². The lowest BCUT2D eigenvalue weighted by atomic mass is 9.98. The van der Waals surface area contributed by atoms with Crippen molar-refractivity contribution in [3.63, 3.8) is 0 Å². The van der Waals surface area contributed by atoms with Crippen LogP contribution in [0, 0.1) is 0 Å². The average molecular weight is 346 g/mol. The number of carbonyl (C=O) groups excluding carboxylic acids is 2. The molecule has 0 aliphatic carbocycles. The van der Waals surface area contributed by atoms with Crippen LogP contribution in [-0.4, -0.2) is 18.9 Å². The first-order valence-corrected chi connectivity index (χ1v) is 7.20. The van der Waals surface area contributed by atoms with Gasteiger partial charge in [0.05, 0.1) is 19.2 Å². The topological polar surface area (TPSA) is 46.6 Å². The Morgan fingerprint density at radius 3 is 2.67 bits per heavy atom. The third kappa shape index (κ3) is 2.34. The van der Waals surface area contributed by atoms with Gasteiger partial charge in [0.2, 0.25) is 5.91 Å². The highest BCUT2D eigenvalue weighted by atomic mass is 79.9. The summed E-state index contributed by atoms with van der Waals surface area (Å²) < 4.78 is 6.05. The number of methoxy groups -OCH3 is 1. The van der Waals surface area contributed by atoms with Crippen LogP contribution in [0.2, 0.25) is 0 Å². The van der Waals surface area contributed by atoms with Crippen molar-refractivity contribution < 1.29 is 14.3 Å². The molecule has 0 bridgehead atoms. The number of halogens is 1. The lowest BCUT2D eigenvalue weighted by Crippen LogP contribution is -2.42. The summed E-state index contributed by atoms with van der Waals surface area (Å²) in [6.07, 6.45) is 0.206. The molecule has 0 unspecified atom stereocenters. The van der Waals surface area contributed by atoms with Crippen molar-refractivity contribution >= 4 is 33.4 Å². The van der Waals surface area contributed by atoms with Crippen molar-refractivity contribution in [1.29, 1.82) is 0 Å². The maximum Gasteiger partial charge on any atom is 0.265 e. The quantitative estimate of drug-likeness (QED) is 0.785. The third-order valence-corrected chi connectivity index (χ3v) is 3.92. The minimum atomic E-state index is -0.321. The molecule has 2 aromatic rings. The lowest BCUT2D eigenvalue weighted by Gasteiger charge is -2.28. The Morgan fingerprint density at radius 2 is 1.90 bits per heavy atom. The molecule has 21 heavy (non-hydrogen) atoms. The molecule has 1 aliphatic heterocycles. The predicted molar refractivity (Wildman–Crippen MR) is 82.7 cm³/mol. The van der Waals surface area contributed by atoms with E-state index in [2.05, 4.69) is 15.9 Å². The van der Waals surface area contributed by atoms with E-state index in [-0.39, 0.29) is 18.2 Å². The van der Waals surface area contributed by atoms with Crippen molar-refractivity contribution in [2.45, 2.75) is 6.42 Å². The molecule has 106 valence electrons. The standard InChI is InChI=1S/C16H12BrNO3/c1-21-14-7-6-11(17)9-13(14)18-15(19)8-10-4-2-3-5-12(10)16(18)20/h2-7,9H,8H2,1H3. The van der Waals surface area contributed by atoms with Gasteiger partial charge >= 0.3 is 0 Å². The normalized spacial score (nSPS) is 14.1. The smallest absolute Gasteiger partial charge is 0.265 e. The average Bonchev–Trinajstić information content (AvgIpc) is 2.47. The van der Waals surface area contributed by atoms with Crippen molar-refractivity contribution in [1.82, 2.24) is 0 Å². The van der Waals surface area contributed by atoms with Crippen LogP contribution in [0.5, 0.6) is 5.75 Å². The molecule has 4 nitrogen and oxygen atoms in total. The van der Waals surface area contributed by atoms with Gasteiger partial charge in [-0.3, -0.25) is 9.59 Å². The minimum Gasteiger partial charge on any atom is -0.495 e. The zero-order valence-corrected chi connectivity index (χ0v) is 12.9. The Bertz CT molecular complexity index is 742. The first kappa shape index (κ1) is 13.8. The maximum absolute atomic E-state index is 12.6. The van der Waals surface area contributed by atoms with Crippen molar-refractivity contribution in [3.05, 3.63) is 58.1 Å². The summed E-state index contributed by atoms with van der Waals surface area (Å²) in [7, 11) is 1.51. The molecule has 0 spiro atoms. The van der Waals surface area contributed by atoms with Gasteiger partial charge in [0.15, 0.2) is 0 Å². The second-order valence-corrected chi connectivity index (χ2v) is 5.60. The highest BCUT2D eigenvalue weighted by molar-refractivity contribution is 9.10. The van der Waals surface area contributed by atoms with Crippen LogP contribution in [0.3, 0.4) is 0 Å². The van der Waals surface area contributed by atoms with Crippen molar-refractivity contribution in [3.8, 4) is 5.75 Å². The van der Waals surface area contributed by atoms with E-state index in [1.165, 1.54) is 12.0 Å². The number of amides is 2. The zero-order chi connectivity index (χ0) is 15.0. The molecule has 0 radical (unpaired) electrons. The largest absolute Gasteiger partial charge is 0.495 e. The van der Waals surface area contributed by atoms with Gasteiger partial charge in [0.25, 0.3) is 5.91 Å². The number of hydrogen-bond donors (Lipinski definition) is 0. The number of ether oxygens (including phenoxy) is 1. The minimum absolute atomic E-state index is 0.206. The molecule has 0 fully saturated rings. The summed E-state index contributed by atoms with van der Waals surface area (Å²) in [6.45, 7) is 0. The molecule has 0 saturated carbocycles. The van der Waals surface area contributed by atoms with Crippen molar-refractivity contribution in [2.75, 3.05) is 12.0 Å². The van der Waals surface area contributed by atoms with Crippen LogP contribution >= 0.6 is 15.9 Å². The Balaban J connectivity index is 2.14. The molecule has 5 heteroatoms. The van der Waals surface area contributed by atoms with Crippen LogP contribution < -0.4 is 9.64 Å². The summed E-state index contributed by atoms with van der Waals surface area (Å²) in [5.41, 5.74) is 1.77. The zero-order valence-electron chi connectivity index (χ0n) is 11.3. The fourth-order valence-electron chi connectivity index (χ4n) is 2.44. The number of fused-ring (bicyclic) bond motifs is 1. The highest BCUT2D eigenvalue weighted by Gasteiger charge is 2.33. The van der Waals surface area contributed by atoms with E-state index >= 15 is 0 Å². The molecular formula is C16H12BrNO3. The van der Waals surface area contributed by atoms with Gasteiger partial charge in [-0.25, -0.2) is 4.90 Å². The monoisotopic (exact) mass is 345 g/mol. The fraction of sp³-hybridized carbons (Fsp3) is 0.125. The van der Waals surface area contributed by atoms with E-state index in [9.17, 15) is 9.59 Å². The van der Waals surface area contributed by atoms with E-state index in [4.69, 9.17) is 4.74 Å². The van der Waals surface area contributed by atoms with Crippen LogP contribution in [0.15, 0.2) is 46.9 Å². The van der Waals surface area contributed by atoms with E-state index in [1.807, 2.05) is 6.07 Å². The first-order valence-electron chi connectivity index (χ1n) is 6.40. The molecular weight excluding hydrogens is 334 g/mol. The second kappa shape index (κ2) is 5.33. The van der Waals surface area contributed by atoms with E-state index in [0.29, 0.717) is 17.0 Å². The summed E-state index contributed by atoms with van der Waals surface area (Å²) >= 11 is 3.36. The van der Waals surface area contributed by atoms with Gasteiger partial charge in [-0.2, -0.15) is 0 Å². The van der Waals surface area contributed by atoms with Crippen LogP contribution in [0.1, 0.15) is 15.9 Å². The Morgan fingerprint density at radius 1 is 1.14 bits per heavy atom. The molecule has 0 atom stereocenters. The van der Waals surface area contributed by atoms with Gasteiger partial charge in [-0.15, -0.1) is 0 Å². The van der Waals surface area contributed by atoms with E-state index in [0.717, 1.165) is 10.0 Å². The highest BCUT2D eigenvalue weighted by Crippen LogP contribution is 2.34. The number of nitrogens with zero attached hydrogens (tertiary/aromatic N) is 1. The van der Waals surface area contributed by atoms with Gasteiger partial charge in [-0.05, 0) is 29.8 Å². The Hall–Kier alpha value is -2.14. The first-order chi connectivity index (χ1) is 10.1. The number of rotatable bonds is 2. The third-order valence-electron chi connectivity index (χ3n) is 3.42. The van der Waals surface area contributed by atoms with E-state index < -0.39 is 0 Å². The van der Waals surface area contributed by atoms with Gasteiger partial charge in [0, 0.05) is 10.0 Å². The summed E-state index contributed by atoms with van der Waals surface area (Å²) in [5, 5.41) is 0. The van der Waals surface area contributed by atoms with Crippen LogP contribution in [0.4, 0.5) is 5.69 Å². The number of hydrogen-bond acceptors (Lipinski definition) is 3. The molecule has 2 amide bonds. The Kier molecular flexibility index (Phi) is 3.51. The van der Waals surface area contributed by atoms with Crippen LogP contribution in [-0.2, 0) is 11.2 Å². The molecule has 1 aliphatic rings. The van der Waals surface area contributed by atoms with Crippen LogP contribution in [0.25, 0.3) is 0 Å². The van der Waals surface area contributed by atoms with Gasteiger partial charge in [-0.1, -0.05) is 34.1 Å². The molecule has 2 aromatic carbocycles. The number of carbonyl (C=O) groups is 2. The molecule has 1 heterocycles. The van der Waals surface area contributed by atoms with Gasteiger partial charge in [0.1, 0.15) is 5.75 Å². The predicted octanol–water partition coefficient (Wildman–Crippen LogP) is 3.19. The second-order valence-electron chi connectivity index (χ2n) is 4.68. The molecule has 0 saturated heterocycles. The van der Waals surface area contributed by atoms with Gasteiger partial charge < -0.3 is 4.74 Å². The number of benzene rings is 2. The summed E-state index contributed by atoms with van der Waals surface area (Å²) in [6, 6.07) is 12.4. The fourth-order valence-corrected chi connectivity index (χ4v) is 2.79. The lowest BCUT2D eigenvalue weighted by molar-refractivity contribution is -0.117. The molecule has 3 rings (SSSR count). The summed E-state index contributed by atoms with van der Waals surface area (Å²) in [4.78, 5) is 26.2. The molecule has 0 N–H and O–H groups in total. The summed E-state index contributed by atoms with van der Waals surface area (Å²) in [5.74, 6) is -0.0902. The van der Waals surface area contributed by atoms with Crippen molar-refractivity contribution in [2.24, 2.45) is 0 Å². The SMILES string of the molecule is COc1ccc(Br)cc1N1C(=O)Cc2ccccc2C1=O. The number of anilines is 1.